The van der Waals surface area contributed by atoms with Crippen LogP contribution in [-0.2, 0) is 0 Å². The third-order valence-corrected chi connectivity index (χ3v) is 2.53. The summed E-state index contributed by atoms with van der Waals surface area (Å²) in [7, 11) is 0. The molecular formula is C11H14N2OS. The molecule has 0 bridgehead atoms. The van der Waals surface area contributed by atoms with Crippen LogP contribution >= 0.6 is 12.2 Å². The molecule has 0 saturated heterocycles. The number of anilines is 1. The minimum Gasteiger partial charge on any atom is -0.506 e. The normalized spacial score (nSPS) is 14.7. The van der Waals surface area contributed by atoms with Crippen molar-refractivity contribution in [2.24, 2.45) is 0 Å². The van der Waals surface area contributed by atoms with E-state index in [2.05, 4.69) is 10.6 Å². The lowest BCUT2D eigenvalue weighted by Gasteiger charge is -2.11. The van der Waals surface area contributed by atoms with Gasteiger partial charge >= 0.3 is 0 Å². The molecule has 0 heterocycles. The molecule has 1 aliphatic carbocycles. The van der Waals surface area contributed by atoms with E-state index in [1.807, 2.05) is 19.1 Å². The molecule has 1 aromatic carbocycles. The van der Waals surface area contributed by atoms with Gasteiger partial charge in [0, 0.05) is 6.04 Å². The average molecular weight is 222 g/mol. The van der Waals surface area contributed by atoms with Gasteiger partial charge in [0.15, 0.2) is 5.11 Å². The van der Waals surface area contributed by atoms with Crippen molar-refractivity contribution >= 4 is 23.0 Å². The van der Waals surface area contributed by atoms with E-state index in [1.54, 1.807) is 6.07 Å². The van der Waals surface area contributed by atoms with Crippen LogP contribution in [-0.4, -0.2) is 16.3 Å². The Kier molecular flexibility index (Phi) is 2.77. The van der Waals surface area contributed by atoms with E-state index in [0.29, 0.717) is 16.8 Å². The van der Waals surface area contributed by atoms with Crippen molar-refractivity contribution < 1.29 is 5.11 Å². The van der Waals surface area contributed by atoms with E-state index >= 15 is 0 Å². The summed E-state index contributed by atoms with van der Waals surface area (Å²) in [4.78, 5) is 0. The van der Waals surface area contributed by atoms with Crippen LogP contribution in [0, 0.1) is 6.92 Å². The number of aryl methyl sites for hydroxylation is 1. The number of hydrogen-bond donors (Lipinski definition) is 3. The molecule has 2 rings (SSSR count). The minimum atomic E-state index is 0.231. The summed E-state index contributed by atoms with van der Waals surface area (Å²) in [5.74, 6) is 0.231. The van der Waals surface area contributed by atoms with Gasteiger partial charge < -0.3 is 15.7 Å². The smallest absolute Gasteiger partial charge is 0.171 e. The number of phenolic OH excluding ortho intramolecular Hbond substituents is 1. The average Bonchev–Trinajstić information content (AvgIpc) is 2.94. The number of rotatable bonds is 2. The molecule has 1 saturated carbocycles. The number of benzene rings is 1. The Balaban J connectivity index is 1.99. The van der Waals surface area contributed by atoms with Gasteiger partial charge in [-0.1, -0.05) is 6.07 Å². The maximum Gasteiger partial charge on any atom is 0.171 e. The molecule has 0 aromatic heterocycles. The second-order valence-electron chi connectivity index (χ2n) is 3.89. The first-order chi connectivity index (χ1) is 7.15. The first kappa shape index (κ1) is 10.2. The summed E-state index contributed by atoms with van der Waals surface area (Å²) in [6.07, 6.45) is 2.36. The van der Waals surface area contributed by atoms with E-state index in [4.69, 9.17) is 12.2 Å². The quantitative estimate of drug-likeness (QED) is 0.530. The van der Waals surface area contributed by atoms with E-state index < -0.39 is 0 Å². The van der Waals surface area contributed by atoms with Crippen LogP contribution in [0.25, 0.3) is 0 Å². The molecule has 0 radical (unpaired) electrons. The van der Waals surface area contributed by atoms with Crippen LogP contribution in [0.4, 0.5) is 5.69 Å². The van der Waals surface area contributed by atoms with E-state index in [-0.39, 0.29) is 5.75 Å². The number of hydrogen-bond acceptors (Lipinski definition) is 2. The van der Waals surface area contributed by atoms with Crippen LogP contribution in [0.5, 0.6) is 5.75 Å². The standard InChI is InChI=1S/C11H14N2OS/c1-7-2-5-9(10(14)6-7)13-11(15)12-8-3-4-8/h2,5-6,8,14H,3-4H2,1H3,(H2,12,13,15). The van der Waals surface area contributed by atoms with Gasteiger partial charge in [0.05, 0.1) is 5.69 Å². The Labute approximate surface area is 94.5 Å². The van der Waals surface area contributed by atoms with Crippen molar-refractivity contribution in [3.63, 3.8) is 0 Å². The van der Waals surface area contributed by atoms with Crippen LogP contribution in [0.2, 0.25) is 0 Å². The highest BCUT2D eigenvalue weighted by Gasteiger charge is 2.21. The first-order valence-electron chi connectivity index (χ1n) is 5.02. The zero-order valence-electron chi connectivity index (χ0n) is 8.58. The zero-order chi connectivity index (χ0) is 10.8. The largest absolute Gasteiger partial charge is 0.506 e. The molecule has 80 valence electrons. The highest BCUT2D eigenvalue weighted by Crippen LogP contribution is 2.24. The molecule has 0 spiro atoms. The van der Waals surface area contributed by atoms with Gasteiger partial charge in [-0.3, -0.25) is 0 Å². The molecule has 0 aliphatic heterocycles. The van der Waals surface area contributed by atoms with Crippen molar-refractivity contribution in [3.05, 3.63) is 23.8 Å². The third kappa shape index (κ3) is 2.83. The molecule has 3 nitrogen and oxygen atoms in total. The van der Waals surface area contributed by atoms with Crippen molar-refractivity contribution in [3.8, 4) is 5.75 Å². The fourth-order valence-corrected chi connectivity index (χ4v) is 1.60. The summed E-state index contributed by atoms with van der Waals surface area (Å²) in [5, 5.41) is 16.4. The topological polar surface area (TPSA) is 44.3 Å². The monoisotopic (exact) mass is 222 g/mol. The zero-order valence-corrected chi connectivity index (χ0v) is 9.40. The SMILES string of the molecule is Cc1ccc(NC(=S)NC2CC2)c(O)c1. The predicted octanol–water partition coefficient (Wildman–Crippen LogP) is 2.15. The van der Waals surface area contributed by atoms with E-state index in [0.717, 1.165) is 5.56 Å². The lowest BCUT2D eigenvalue weighted by molar-refractivity contribution is 0.477. The van der Waals surface area contributed by atoms with Gasteiger partial charge in [-0.15, -0.1) is 0 Å². The fraction of sp³-hybridized carbons (Fsp3) is 0.364. The summed E-state index contributed by atoms with van der Waals surface area (Å²) in [5.41, 5.74) is 1.68. The summed E-state index contributed by atoms with van der Waals surface area (Å²) in [6.45, 7) is 1.93. The van der Waals surface area contributed by atoms with Crippen LogP contribution in [0.3, 0.4) is 0 Å². The summed E-state index contributed by atoms with van der Waals surface area (Å²) >= 11 is 5.11. The van der Waals surface area contributed by atoms with Gasteiger partial charge in [0.1, 0.15) is 5.75 Å². The van der Waals surface area contributed by atoms with Gasteiger partial charge in [0.2, 0.25) is 0 Å². The van der Waals surface area contributed by atoms with Gasteiger partial charge in [0.25, 0.3) is 0 Å². The van der Waals surface area contributed by atoms with Crippen molar-refractivity contribution in [1.82, 2.24) is 5.32 Å². The van der Waals surface area contributed by atoms with Crippen molar-refractivity contribution in [1.29, 1.82) is 0 Å². The molecule has 1 fully saturated rings. The molecule has 0 unspecified atom stereocenters. The number of phenols is 1. The van der Waals surface area contributed by atoms with Crippen molar-refractivity contribution in [2.45, 2.75) is 25.8 Å². The Morgan fingerprint density at radius 1 is 1.47 bits per heavy atom. The molecule has 0 atom stereocenters. The summed E-state index contributed by atoms with van der Waals surface area (Å²) in [6, 6.07) is 5.99. The lowest BCUT2D eigenvalue weighted by atomic mass is 10.2. The fourth-order valence-electron chi connectivity index (χ4n) is 1.32. The highest BCUT2D eigenvalue weighted by molar-refractivity contribution is 7.80. The molecule has 1 aromatic rings. The second kappa shape index (κ2) is 4.06. The number of nitrogens with one attached hydrogen (secondary N) is 2. The van der Waals surface area contributed by atoms with Crippen LogP contribution < -0.4 is 10.6 Å². The Morgan fingerprint density at radius 2 is 2.20 bits per heavy atom. The molecule has 15 heavy (non-hydrogen) atoms. The Bertz CT molecular complexity index is 388. The first-order valence-corrected chi connectivity index (χ1v) is 5.43. The lowest BCUT2D eigenvalue weighted by Crippen LogP contribution is -2.30. The molecule has 0 amide bonds. The predicted molar refractivity (Wildman–Crippen MR) is 65.2 cm³/mol. The molecule has 3 N–H and O–H groups in total. The van der Waals surface area contributed by atoms with Crippen molar-refractivity contribution in [2.75, 3.05) is 5.32 Å². The Hall–Kier alpha value is -1.29. The molecular weight excluding hydrogens is 208 g/mol. The number of aromatic hydroxyl groups is 1. The van der Waals surface area contributed by atoms with Crippen LogP contribution in [0.15, 0.2) is 18.2 Å². The van der Waals surface area contributed by atoms with Gasteiger partial charge in [-0.2, -0.15) is 0 Å². The minimum absolute atomic E-state index is 0.231. The van der Waals surface area contributed by atoms with Gasteiger partial charge in [-0.25, -0.2) is 0 Å². The maximum atomic E-state index is 9.64. The van der Waals surface area contributed by atoms with E-state index in [1.165, 1.54) is 12.8 Å². The summed E-state index contributed by atoms with van der Waals surface area (Å²) < 4.78 is 0. The third-order valence-electron chi connectivity index (χ3n) is 2.31. The maximum absolute atomic E-state index is 9.64. The number of thiocarbonyl (C=S) groups is 1. The Morgan fingerprint density at radius 3 is 2.80 bits per heavy atom. The van der Waals surface area contributed by atoms with Gasteiger partial charge in [-0.05, 0) is 49.7 Å². The molecule has 1 aliphatic rings. The highest BCUT2D eigenvalue weighted by atomic mass is 32.1. The van der Waals surface area contributed by atoms with Crippen LogP contribution in [0.1, 0.15) is 18.4 Å². The molecule has 4 heteroatoms. The van der Waals surface area contributed by atoms with E-state index in [9.17, 15) is 5.11 Å². The second-order valence-corrected chi connectivity index (χ2v) is 4.30.